The van der Waals surface area contributed by atoms with Gasteiger partial charge in [0.25, 0.3) is 0 Å². The van der Waals surface area contributed by atoms with Gasteiger partial charge in [-0.05, 0) is 13.0 Å². The van der Waals surface area contributed by atoms with Crippen LogP contribution in [0.3, 0.4) is 0 Å². The predicted octanol–water partition coefficient (Wildman–Crippen LogP) is 0.215. The van der Waals surface area contributed by atoms with Crippen molar-refractivity contribution in [1.82, 2.24) is 0 Å². The van der Waals surface area contributed by atoms with Crippen LogP contribution in [0.1, 0.15) is 68.8 Å². The van der Waals surface area contributed by atoms with Gasteiger partial charge in [-0.1, -0.05) is 12.1 Å². The minimum Gasteiger partial charge on any atom is -0.507 e. The second kappa shape index (κ2) is 10.9. The van der Waals surface area contributed by atoms with Crippen molar-refractivity contribution in [3.05, 3.63) is 51.6 Å². The van der Waals surface area contributed by atoms with Crippen LogP contribution in [0.2, 0.25) is 0 Å². The van der Waals surface area contributed by atoms with E-state index in [0.717, 1.165) is 0 Å². The van der Waals surface area contributed by atoms with Crippen molar-refractivity contribution in [3.63, 3.8) is 0 Å². The highest BCUT2D eigenvalue weighted by molar-refractivity contribution is 6.31. The van der Waals surface area contributed by atoms with E-state index < -0.39 is 89.6 Å². The Morgan fingerprint density at radius 2 is 1.82 bits per heavy atom. The number of hydrogen-bond donors (Lipinski definition) is 7. The summed E-state index contributed by atoms with van der Waals surface area (Å²) in [5.74, 6) is -2.68. The van der Waals surface area contributed by atoms with Crippen molar-refractivity contribution in [2.24, 2.45) is 5.73 Å². The molecule has 2 aromatic carbocycles. The molecule has 218 valence electrons. The first-order valence-electron chi connectivity index (χ1n) is 12.6. The minimum atomic E-state index is -2.05. The maximum absolute atomic E-state index is 13.7. The van der Waals surface area contributed by atoms with Crippen molar-refractivity contribution in [2.75, 3.05) is 13.7 Å². The monoisotopic (exact) mass is 581 g/mol. The van der Waals surface area contributed by atoms with Crippen molar-refractivity contribution >= 4 is 24.0 Å². The number of benzene rings is 2. The van der Waals surface area contributed by atoms with Gasteiger partial charge in [0.1, 0.15) is 23.4 Å². The maximum atomic E-state index is 13.7. The van der Waals surface area contributed by atoms with E-state index >= 15 is 0 Å². The summed E-state index contributed by atoms with van der Waals surface area (Å²) >= 11 is 0. The van der Waals surface area contributed by atoms with Crippen LogP contribution >= 0.6 is 12.4 Å². The molecule has 7 atom stereocenters. The van der Waals surface area contributed by atoms with Crippen LogP contribution in [-0.2, 0) is 15.9 Å². The van der Waals surface area contributed by atoms with E-state index in [1.165, 1.54) is 25.3 Å². The summed E-state index contributed by atoms with van der Waals surface area (Å²) in [4.78, 5) is 27.2. The van der Waals surface area contributed by atoms with Crippen LogP contribution in [0.25, 0.3) is 0 Å². The summed E-state index contributed by atoms with van der Waals surface area (Å²) in [6, 6.07) is 3.69. The first-order valence-corrected chi connectivity index (χ1v) is 12.6. The van der Waals surface area contributed by atoms with Crippen LogP contribution < -0.4 is 10.5 Å². The molecule has 1 fully saturated rings. The highest BCUT2D eigenvalue weighted by atomic mass is 35.5. The molecule has 0 amide bonds. The third-order valence-electron chi connectivity index (χ3n) is 7.97. The van der Waals surface area contributed by atoms with E-state index in [9.17, 15) is 40.2 Å². The number of carbonyl (C=O) groups excluding carboxylic acids is 2. The zero-order valence-corrected chi connectivity index (χ0v) is 22.6. The molecule has 1 aliphatic heterocycles. The molecule has 0 saturated carbocycles. The smallest absolute Gasteiger partial charge is 0.202 e. The summed E-state index contributed by atoms with van der Waals surface area (Å²) in [6.45, 7) is 0.768. The molecule has 2 aromatic rings. The van der Waals surface area contributed by atoms with Gasteiger partial charge in [-0.15, -0.1) is 12.4 Å². The van der Waals surface area contributed by atoms with E-state index in [1.807, 2.05) is 0 Å². The number of hydrogen-bond acceptors (Lipinski definition) is 12. The van der Waals surface area contributed by atoms with E-state index in [1.54, 1.807) is 6.92 Å². The van der Waals surface area contributed by atoms with Gasteiger partial charge in [0, 0.05) is 42.0 Å². The van der Waals surface area contributed by atoms with E-state index in [0.29, 0.717) is 0 Å². The van der Waals surface area contributed by atoms with Gasteiger partial charge in [0.05, 0.1) is 54.3 Å². The normalized spacial score (nSPS) is 30.0. The highest BCUT2D eigenvalue weighted by Crippen LogP contribution is 2.52. The Morgan fingerprint density at radius 3 is 2.45 bits per heavy atom. The van der Waals surface area contributed by atoms with Gasteiger partial charge < -0.3 is 50.6 Å². The van der Waals surface area contributed by atoms with Crippen LogP contribution in [-0.4, -0.2) is 92.2 Å². The summed E-state index contributed by atoms with van der Waals surface area (Å²) < 4.78 is 17.1. The molecule has 0 bridgehead atoms. The number of rotatable bonds is 5. The molecule has 0 radical (unpaired) electrons. The van der Waals surface area contributed by atoms with Gasteiger partial charge in [0.15, 0.2) is 12.1 Å². The van der Waals surface area contributed by atoms with Gasteiger partial charge in [0.2, 0.25) is 5.78 Å². The lowest BCUT2D eigenvalue weighted by molar-refractivity contribution is -0.251. The Hall–Kier alpha value is -2.81. The largest absolute Gasteiger partial charge is 0.507 e. The molecule has 0 aromatic heterocycles. The second-order valence-electron chi connectivity index (χ2n) is 10.3. The van der Waals surface area contributed by atoms with Gasteiger partial charge >= 0.3 is 0 Å². The third kappa shape index (κ3) is 4.54. The highest BCUT2D eigenvalue weighted by Gasteiger charge is 2.50. The molecule has 1 heterocycles. The number of phenolic OH excluding ortho intramolecular Hbond substituents is 2. The minimum absolute atomic E-state index is 0. The number of halogens is 1. The molecule has 2 aliphatic carbocycles. The standard InChI is InChI=1S/C27H31NO11.ClH/c1-10-22(31)13(28)6-17(38-10)39-15-8-27(36,16(30)9-29)7-12-19(15)26(35)21-20(24(12)33)23(32)11-4-3-5-14(37-2)18(11)25(21)34;/h3-5,10,13,15-17,22,29-31,33,35-36H,6-9,28H2,1-2H3;1H/t10-,13-,15-,16?,17?,22-,27-;/m0./s1. The number of methoxy groups -OCH3 is 1. The average Bonchev–Trinajstić information content (AvgIpc) is 2.90. The molecule has 2 unspecified atom stereocenters. The molecule has 13 heteroatoms. The van der Waals surface area contributed by atoms with Crippen molar-refractivity contribution < 1.29 is 54.4 Å². The molecule has 40 heavy (non-hydrogen) atoms. The van der Waals surface area contributed by atoms with Crippen LogP contribution in [0.5, 0.6) is 17.2 Å². The Balaban J connectivity index is 0.00000370. The van der Waals surface area contributed by atoms with Gasteiger partial charge in [-0.3, -0.25) is 9.59 Å². The van der Waals surface area contributed by atoms with Crippen molar-refractivity contribution in [3.8, 4) is 17.2 Å². The fourth-order valence-electron chi connectivity index (χ4n) is 5.84. The van der Waals surface area contributed by atoms with Crippen LogP contribution in [0, 0.1) is 0 Å². The molecule has 0 spiro atoms. The number of ether oxygens (including phenoxy) is 3. The molecule has 3 aliphatic rings. The quantitative estimate of drug-likeness (QED) is 0.202. The van der Waals surface area contributed by atoms with E-state index in [-0.39, 0.29) is 53.3 Å². The molecule has 12 nitrogen and oxygen atoms in total. The second-order valence-corrected chi connectivity index (χ2v) is 10.3. The number of nitrogens with two attached hydrogens (primary N) is 1. The summed E-state index contributed by atoms with van der Waals surface area (Å²) in [6.07, 6.45) is -6.45. The van der Waals surface area contributed by atoms with E-state index in [2.05, 4.69) is 0 Å². The topological polar surface area (TPSA) is 209 Å². The van der Waals surface area contributed by atoms with Gasteiger partial charge in [-0.25, -0.2) is 0 Å². The SMILES string of the molecule is COc1cccc2c1C(=O)c1c(O)c3c(c(O)c1C2=O)C[C@@](O)(C(O)CO)C[C@@H]3OC1C[C@H](N)[C@@H](O)[C@H](C)O1.Cl. The average molecular weight is 582 g/mol. The number of fused-ring (bicyclic) bond motifs is 3. The van der Waals surface area contributed by atoms with Crippen LogP contribution in [0.4, 0.5) is 0 Å². The maximum Gasteiger partial charge on any atom is 0.202 e. The van der Waals surface area contributed by atoms with Crippen molar-refractivity contribution in [2.45, 2.75) is 68.5 Å². The number of aliphatic hydroxyl groups excluding tert-OH is 3. The number of aromatic hydroxyl groups is 2. The van der Waals surface area contributed by atoms with Gasteiger partial charge in [-0.2, -0.15) is 0 Å². The lowest BCUT2D eigenvalue weighted by atomic mass is 9.71. The molecule has 5 rings (SSSR count). The molecular formula is C27H32ClNO11. The zero-order valence-electron chi connectivity index (χ0n) is 21.7. The Morgan fingerprint density at radius 1 is 1.15 bits per heavy atom. The lowest BCUT2D eigenvalue weighted by Gasteiger charge is -2.44. The number of carbonyl (C=O) groups is 2. The summed E-state index contributed by atoms with van der Waals surface area (Å²) in [5.41, 5.74) is 2.77. The third-order valence-corrected chi connectivity index (χ3v) is 7.97. The number of phenols is 2. The Labute approximate surface area is 235 Å². The fraction of sp³-hybridized carbons (Fsp3) is 0.481. The molecule has 1 saturated heterocycles. The Bertz CT molecular complexity index is 1340. The van der Waals surface area contributed by atoms with E-state index in [4.69, 9.17) is 19.9 Å². The predicted molar refractivity (Wildman–Crippen MR) is 140 cm³/mol. The molecule has 8 N–H and O–H groups in total. The Kier molecular flexibility index (Phi) is 8.20. The zero-order chi connectivity index (χ0) is 28.4. The summed E-state index contributed by atoms with van der Waals surface area (Å²) in [5, 5.41) is 64.4. The first-order chi connectivity index (χ1) is 18.4. The number of aliphatic hydroxyl groups is 4. The fourth-order valence-corrected chi connectivity index (χ4v) is 5.84. The summed E-state index contributed by atoms with van der Waals surface area (Å²) in [7, 11) is 1.33. The number of ketones is 2. The van der Waals surface area contributed by atoms with Crippen molar-refractivity contribution in [1.29, 1.82) is 0 Å². The molecular weight excluding hydrogens is 550 g/mol. The first kappa shape index (κ1) is 30.2. The van der Waals surface area contributed by atoms with Crippen LogP contribution in [0.15, 0.2) is 18.2 Å². The lowest BCUT2D eigenvalue weighted by Crippen LogP contribution is -2.53.